The van der Waals surface area contributed by atoms with Gasteiger partial charge in [0.1, 0.15) is 25.5 Å². The van der Waals surface area contributed by atoms with E-state index in [9.17, 15) is 14.4 Å². The second kappa shape index (κ2) is 12.1. The van der Waals surface area contributed by atoms with Crippen LogP contribution in [0.1, 0.15) is 22.3 Å². The lowest BCUT2D eigenvalue weighted by Crippen LogP contribution is -2.43. The van der Waals surface area contributed by atoms with Crippen LogP contribution in [-0.2, 0) is 45.1 Å². The minimum absolute atomic E-state index is 0.0961. The smallest absolute Gasteiger partial charge is 0.408 e. The van der Waals surface area contributed by atoms with Gasteiger partial charge >= 0.3 is 12.1 Å². The second-order valence-corrected chi connectivity index (χ2v) is 7.24. The van der Waals surface area contributed by atoms with Crippen molar-refractivity contribution in [1.82, 2.24) is 5.32 Å². The fourth-order valence-electron chi connectivity index (χ4n) is 3.07. The molecule has 0 heterocycles. The van der Waals surface area contributed by atoms with Crippen LogP contribution in [0, 0.1) is 0 Å². The predicted molar refractivity (Wildman–Crippen MR) is 120 cm³/mol. The highest BCUT2D eigenvalue weighted by molar-refractivity contribution is 5.81. The Bertz CT molecular complexity index is 1000. The number of carbonyl (C=O) groups is 3. The van der Waals surface area contributed by atoms with Gasteiger partial charge in [-0.15, -0.1) is 0 Å². The van der Waals surface area contributed by atoms with Gasteiger partial charge in [0.15, 0.2) is 0 Å². The van der Waals surface area contributed by atoms with E-state index in [1.807, 2.05) is 84.9 Å². The second-order valence-electron chi connectivity index (χ2n) is 7.24. The molecule has 0 aliphatic carbocycles. The monoisotopic (exact) mass is 431 g/mol. The van der Waals surface area contributed by atoms with Crippen molar-refractivity contribution >= 4 is 18.3 Å². The zero-order chi connectivity index (χ0) is 22.6. The van der Waals surface area contributed by atoms with Gasteiger partial charge < -0.3 is 19.6 Å². The van der Waals surface area contributed by atoms with Crippen molar-refractivity contribution in [2.24, 2.45) is 0 Å². The molecule has 0 fully saturated rings. The van der Waals surface area contributed by atoms with E-state index >= 15 is 0 Å². The number of esters is 1. The summed E-state index contributed by atoms with van der Waals surface area (Å²) in [6.07, 6.45) is 0.693. The van der Waals surface area contributed by atoms with Crippen LogP contribution in [0.15, 0.2) is 84.9 Å². The van der Waals surface area contributed by atoms with Gasteiger partial charge in [-0.05, 0) is 22.3 Å². The highest BCUT2D eigenvalue weighted by Crippen LogP contribution is 2.10. The number of amides is 1. The number of aldehydes is 1. The van der Waals surface area contributed by atoms with Crippen molar-refractivity contribution < 1.29 is 23.9 Å². The predicted octanol–water partition coefficient (Wildman–Crippen LogP) is 4.01. The first kappa shape index (κ1) is 22.7. The Labute approximate surface area is 187 Å². The molecule has 6 heteroatoms. The Kier molecular flexibility index (Phi) is 8.57. The molecule has 0 aromatic heterocycles. The van der Waals surface area contributed by atoms with Gasteiger partial charge in [0.25, 0.3) is 0 Å². The summed E-state index contributed by atoms with van der Waals surface area (Å²) in [5.74, 6) is -0.553. The molecule has 1 unspecified atom stereocenters. The maximum absolute atomic E-state index is 12.8. The van der Waals surface area contributed by atoms with Gasteiger partial charge in [0.05, 0.1) is 0 Å². The van der Waals surface area contributed by atoms with Gasteiger partial charge in [-0.25, -0.2) is 9.59 Å². The molecule has 0 aliphatic rings. The highest BCUT2D eigenvalue weighted by atomic mass is 16.6. The van der Waals surface area contributed by atoms with Crippen LogP contribution in [0.3, 0.4) is 0 Å². The van der Waals surface area contributed by atoms with Crippen molar-refractivity contribution in [2.45, 2.75) is 32.1 Å². The number of nitrogens with one attached hydrogen (secondary N) is 1. The molecule has 1 N–H and O–H groups in total. The van der Waals surface area contributed by atoms with E-state index in [4.69, 9.17) is 9.47 Å². The van der Waals surface area contributed by atoms with E-state index in [1.54, 1.807) is 0 Å². The minimum Gasteiger partial charge on any atom is -0.459 e. The maximum Gasteiger partial charge on any atom is 0.408 e. The van der Waals surface area contributed by atoms with Crippen LogP contribution in [0.5, 0.6) is 0 Å². The number of alkyl carbamates (subject to hydrolysis) is 1. The number of rotatable bonds is 10. The van der Waals surface area contributed by atoms with Crippen LogP contribution in [0.4, 0.5) is 4.79 Å². The Morgan fingerprint density at radius 1 is 0.719 bits per heavy atom. The van der Waals surface area contributed by atoms with E-state index in [0.29, 0.717) is 6.42 Å². The van der Waals surface area contributed by atoms with Gasteiger partial charge in [0, 0.05) is 12.8 Å². The lowest BCUT2D eigenvalue weighted by molar-refractivity contribution is -0.147. The molecule has 32 heavy (non-hydrogen) atoms. The quantitative estimate of drug-likeness (QED) is 0.387. The molecule has 0 saturated heterocycles. The Morgan fingerprint density at radius 3 is 1.81 bits per heavy atom. The van der Waals surface area contributed by atoms with Crippen LogP contribution >= 0.6 is 0 Å². The molecule has 1 amide bonds. The van der Waals surface area contributed by atoms with Crippen molar-refractivity contribution in [1.29, 1.82) is 0 Å². The Morgan fingerprint density at radius 2 is 1.25 bits per heavy atom. The zero-order valence-corrected chi connectivity index (χ0v) is 17.6. The van der Waals surface area contributed by atoms with Crippen LogP contribution < -0.4 is 5.32 Å². The molecule has 3 aromatic rings. The van der Waals surface area contributed by atoms with E-state index in [1.165, 1.54) is 0 Å². The summed E-state index contributed by atoms with van der Waals surface area (Å²) < 4.78 is 10.7. The molecule has 0 spiro atoms. The summed E-state index contributed by atoms with van der Waals surface area (Å²) >= 11 is 0. The SMILES string of the molecule is O=CCc1ccc(CC(NC(=O)OCc2ccccc2)C(=O)OCc2ccccc2)cc1. The topological polar surface area (TPSA) is 81.7 Å². The van der Waals surface area contributed by atoms with Crippen molar-refractivity contribution in [3.05, 3.63) is 107 Å². The molecule has 164 valence electrons. The molecule has 0 aliphatic heterocycles. The van der Waals surface area contributed by atoms with Gasteiger partial charge in [-0.1, -0.05) is 84.9 Å². The average molecular weight is 431 g/mol. The summed E-state index contributed by atoms with van der Waals surface area (Å²) in [5.41, 5.74) is 3.40. The van der Waals surface area contributed by atoms with Crippen molar-refractivity contribution in [3.63, 3.8) is 0 Å². The van der Waals surface area contributed by atoms with E-state index < -0.39 is 18.1 Å². The van der Waals surface area contributed by atoms with Crippen LogP contribution in [0.25, 0.3) is 0 Å². The van der Waals surface area contributed by atoms with Crippen LogP contribution in [0.2, 0.25) is 0 Å². The first-order valence-corrected chi connectivity index (χ1v) is 10.3. The first-order chi connectivity index (χ1) is 15.6. The van der Waals surface area contributed by atoms with Crippen LogP contribution in [-0.4, -0.2) is 24.4 Å². The third-order valence-corrected chi connectivity index (χ3v) is 4.80. The Hall–Kier alpha value is -3.93. The maximum atomic E-state index is 12.8. The molecule has 3 rings (SSSR count). The molecule has 3 aromatic carbocycles. The first-order valence-electron chi connectivity index (χ1n) is 10.3. The summed E-state index contributed by atoms with van der Waals surface area (Å²) in [6, 6.07) is 25.0. The number of carbonyl (C=O) groups excluding carboxylic acids is 3. The average Bonchev–Trinajstić information content (AvgIpc) is 2.83. The van der Waals surface area contributed by atoms with E-state index in [-0.39, 0.29) is 19.6 Å². The zero-order valence-electron chi connectivity index (χ0n) is 17.6. The fourth-order valence-corrected chi connectivity index (χ4v) is 3.07. The molecule has 6 nitrogen and oxygen atoms in total. The molecular formula is C26H25NO5. The molecule has 1 atom stereocenters. The lowest BCUT2D eigenvalue weighted by Gasteiger charge is -2.18. The van der Waals surface area contributed by atoms with Gasteiger partial charge in [-0.2, -0.15) is 0 Å². The van der Waals surface area contributed by atoms with Crippen molar-refractivity contribution in [2.75, 3.05) is 0 Å². The van der Waals surface area contributed by atoms with E-state index in [0.717, 1.165) is 28.5 Å². The molecule has 0 radical (unpaired) electrons. The third kappa shape index (κ3) is 7.40. The highest BCUT2D eigenvalue weighted by Gasteiger charge is 2.24. The molecular weight excluding hydrogens is 406 g/mol. The summed E-state index contributed by atoms with van der Waals surface area (Å²) in [6.45, 7) is 0.202. The number of ether oxygens (including phenoxy) is 2. The Balaban J connectivity index is 1.63. The normalized spacial score (nSPS) is 11.2. The van der Waals surface area contributed by atoms with Gasteiger partial charge in [-0.3, -0.25) is 0 Å². The molecule has 0 bridgehead atoms. The lowest BCUT2D eigenvalue weighted by atomic mass is 10.0. The van der Waals surface area contributed by atoms with E-state index in [2.05, 4.69) is 5.32 Å². The summed E-state index contributed by atoms with van der Waals surface area (Å²) in [5, 5.41) is 2.62. The largest absolute Gasteiger partial charge is 0.459 e. The third-order valence-electron chi connectivity index (χ3n) is 4.80. The fraction of sp³-hybridized carbons (Fsp3) is 0.192. The number of hydrogen-bond donors (Lipinski definition) is 1. The number of hydrogen-bond acceptors (Lipinski definition) is 5. The standard InChI is InChI=1S/C26H25NO5/c28-16-15-20-11-13-21(14-12-20)17-24(25(29)31-18-22-7-3-1-4-8-22)27-26(30)32-19-23-9-5-2-6-10-23/h1-14,16,24H,15,17-19H2,(H,27,30). The number of benzene rings is 3. The van der Waals surface area contributed by atoms with Gasteiger partial charge in [0.2, 0.25) is 0 Å². The summed E-state index contributed by atoms with van der Waals surface area (Å²) in [7, 11) is 0. The summed E-state index contributed by atoms with van der Waals surface area (Å²) in [4.78, 5) is 35.8. The van der Waals surface area contributed by atoms with Crippen molar-refractivity contribution in [3.8, 4) is 0 Å². The minimum atomic E-state index is -0.918. The molecule has 0 saturated carbocycles.